The third-order valence-corrected chi connectivity index (χ3v) is 6.61. The maximum Gasteiger partial charge on any atom is 0.239 e. The summed E-state index contributed by atoms with van der Waals surface area (Å²) in [7, 11) is 4.09. The van der Waals surface area contributed by atoms with Gasteiger partial charge < -0.3 is 9.64 Å². The van der Waals surface area contributed by atoms with Gasteiger partial charge in [-0.05, 0) is 65.2 Å². The number of halogens is 1. The van der Waals surface area contributed by atoms with Crippen LogP contribution in [0.15, 0.2) is 47.4 Å². The Hall–Kier alpha value is -1.80. The third kappa shape index (κ3) is 7.10. The van der Waals surface area contributed by atoms with Gasteiger partial charge in [-0.2, -0.15) is 0 Å². The van der Waals surface area contributed by atoms with Crippen molar-refractivity contribution >= 4 is 56.8 Å². The molecule has 31 heavy (non-hydrogen) atoms. The van der Waals surface area contributed by atoms with Crippen LogP contribution in [0.5, 0.6) is 5.75 Å². The largest absolute Gasteiger partial charge is 0.492 e. The van der Waals surface area contributed by atoms with Gasteiger partial charge in [0.15, 0.2) is 5.13 Å². The van der Waals surface area contributed by atoms with E-state index >= 15 is 0 Å². The molecule has 0 radical (unpaired) electrons. The van der Waals surface area contributed by atoms with Crippen LogP contribution in [-0.2, 0) is 4.79 Å². The van der Waals surface area contributed by atoms with E-state index in [1.54, 1.807) is 23.1 Å². The molecular formula is C23H30ClN3O2S2. The fraction of sp³-hybridized carbons (Fsp3) is 0.391. The number of thiazole rings is 1. The highest BCUT2D eigenvalue weighted by Crippen LogP contribution is 2.34. The molecule has 5 nitrogen and oxygen atoms in total. The number of thioether (sulfide) groups is 1. The Labute approximate surface area is 199 Å². The molecule has 0 aliphatic heterocycles. The van der Waals surface area contributed by atoms with E-state index < -0.39 is 0 Å². The molecule has 0 bridgehead atoms. The van der Waals surface area contributed by atoms with Crippen molar-refractivity contribution < 1.29 is 9.53 Å². The van der Waals surface area contributed by atoms with Gasteiger partial charge >= 0.3 is 0 Å². The summed E-state index contributed by atoms with van der Waals surface area (Å²) in [5.74, 6) is 1.24. The van der Waals surface area contributed by atoms with E-state index in [9.17, 15) is 4.79 Å². The highest BCUT2D eigenvalue weighted by atomic mass is 35.5. The first-order chi connectivity index (χ1) is 14.5. The molecule has 2 aromatic carbocycles. The number of carbonyl (C=O) groups is 1. The van der Waals surface area contributed by atoms with Crippen LogP contribution in [0.25, 0.3) is 10.2 Å². The van der Waals surface area contributed by atoms with E-state index in [0.29, 0.717) is 18.9 Å². The smallest absolute Gasteiger partial charge is 0.239 e. The standard InChI is InChI=1S/C23H29N3O2S2.ClH/c1-5-28-19-8-6-9-20-22(19)24-23(30-20)26(15-7-14-25(3)4)21(27)16-29-18-12-10-17(2)11-13-18;/h6,8-13H,5,7,14-16H2,1-4H3;1H. The number of rotatable bonds is 10. The van der Waals surface area contributed by atoms with Crippen LogP contribution in [-0.4, -0.2) is 55.3 Å². The normalized spacial score (nSPS) is 10.9. The van der Waals surface area contributed by atoms with Crippen LogP contribution in [0.3, 0.4) is 0 Å². The van der Waals surface area contributed by atoms with Gasteiger partial charge in [-0.3, -0.25) is 9.69 Å². The molecule has 0 unspecified atom stereocenters. The maximum atomic E-state index is 13.2. The lowest BCUT2D eigenvalue weighted by molar-refractivity contribution is -0.116. The molecule has 0 saturated carbocycles. The topological polar surface area (TPSA) is 45.7 Å². The van der Waals surface area contributed by atoms with Crippen LogP contribution >= 0.6 is 35.5 Å². The summed E-state index contributed by atoms with van der Waals surface area (Å²) in [6.45, 7) is 6.19. The van der Waals surface area contributed by atoms with Crippen molar-refractivity contribution in [3.05, 3.63) is 48.0 Å². The number of para-hydroxylation sites is 1. The van der Waals surface area contributed by atoms with E-state index in [-0.39, 0.29) is 18.3 Å². The number of fused-ring (bicyclic) bond motifs is 1. The second-order valence-electron chi connectivity index (χ2n) is 7.34. The minimum absolute atomic E-state index is 0. The zero-order valence-corrected chi connectivity index (χ0v) is 20.9. The van der Waals surface area contributed by atoms with Gasteiger partial charge in [0.2, 0.25) is 5.91 Å². The lowest BCUT2D eigenvalue weighted by Gasteiger charge is -2.21. The monoisotopic (exact) mass is 479 g/mol. The van der Waals surface area contributed by atoms with E-state index in [4.69, 9.17) is 9.72 Å². The fourth-order valence-corrected chi connectivity index (χ4v) is 4.83. The number of hydrogen-bond donors (Lipinski definition) is 0. The first-order valence-electron chi connectivity index (χ1n) is 10.1. The van der Waals surface area contributed by atoms with Crippen LogP contribution in [0.1, 0.15) is 18.9 Å². The van der Waals surface area contributed by atoms with Crippen molar-refractivity contribution in [3.8, 4) is 5.75 Å². The molecule has 168 valence electrons. The molecule has 1 aromatic heterocycles. The maximum absolute atomic E-state index is 13.2. The van der Waals surface area contributed by atoms with Crippen LogP contribution in [0.4, 0.5) is 5.13 Å². The zero-order valence-electron chi connectivity index (χ0n) is 18.5. The first kappa shape index (κ1) is 25.5. The summed E-state index contributed by atoms with van der Waals surface area (Å²) in [5.41, 5.74) is 2.05. The number of aryl methyl sites for hydroxylation is 1. The predicted molar refractivity (Wildman–Crippen MR) is 135 cm³/mol. The number of anilines is 1. The van der Waals surface area contributed by atoms with Gasteiger partial charge in [0, 0.05) is 11.4 Å². The molecule has 0 aliphatic carbocycles. The van der Waals surface area contributed by atoms with Gasteiger partial charge in [0.05, 0.1) is 17.1 Å². The summed E-state index contributed by atoms with van der Waals surface area (Å²) in [4.78, 5) is 23.0. The number of carbonyl (C=O) groups excluding carboxylic acids is 1. The van der Waals surface area contributed by atoms with Gasteiger partial charge in [0.25, 0.3) is 0 Å². The lowest BCUT2D eigenvalue weighted by Crippen LogP contribution is -2.34. The molecule has 0 aliphatic rings. The molecule has 0 spiro atoms. The Morgan fingerprint density at radius 2 is 1.87 bits per heavy atom. The van der Waals surface area contributed by atoms with Crippen LogP contribution in [0, 0.1) is 6.92 Å². The van der Waals surface area contributed by atoms with Crippen LogP contribution < -0.4 is 9.64 Å². The van der Waals surface area contributed by atoms with Crippen LogP contribution in [0.2, 0.25) is 0 Å². The molecule has 1 heterocycles. The Morgan fingerprint density at radius 3 is 2.55 bits per heavy atom. The fourth-order valence-electron chi connectivity index (χ4n) is 3.03. The van der Waals surface area contributed by atoms with Gasteiger partial charge in [-0.25, -0.2) is 4.98 Å². The molecular weight excluding hydrogens is 450 g/mol. The minimum Gasteiger partial charge on any atom is -0.492 e. The number of aromatic nitrogens is 1. The van der Waals surface area contributed by atoms with Gasteiger partial charge in [0.1, 0.15) is 11.3 Å². The Morgan fingerprint density at radius 1 is 1.13 bits per heavy atom. The Kier molecular flexibility index (Phi) is 10.1. The summed E-state index contributed by atoms with van der Waals surface area (Å²) in [5, 5.41) is 0.741. The predicted octanol–water partition coefficient (Wildman–Crippen LogP) is 5.50. The van der Waals surface area contributed by atoms with E-state index in [0.717, 1.165) is 39.0 Å². The summed E-state index contributed by atoms with van der Waals surface area (Å²) >= 11 is 3.12. The van der Waals surface area contributed by atoms with E-state index in [2.05, 4.69) is 36.1 Å². The molecule has 1 amide bonds. The number of benzene rings is 2. The first-order valence-corrected chi connectivity index (χ1v) is 11.9. The number of amides is 1. The highest BCUT2D eigenvalue weighted by molar-refractivity contribution is 8.00. The Balaban J connectivity index is 0.00000341. The zero-order chi connectivity index (χ0) is 21.5. The van der Waals surface area contributed by atoms with E-state index in [1.165, 1.54) is 5.56 Å². The minimum atomic E-state index is 0. The lowest BCUT2D eigenvalue weighted by atomic mass is 10.2. The van der Waals surface area contributed by atoms with Crippen molar-refractivity contribution in [3.63, 3.8) is 0 Å². The molecule has 3 aromatic rings. The van der Waals surface area contributed by atoms with Crippen molar-refractivity contribution in [1.82, 2.24) is 9.88 Å². The van der Waals surface area contributed by atoms with Crippen molar-refractivity contribution in [1.29, 1.82) is 0 Å². The highest BCUT2D eigenvalue weighted by Gasteiger charge is 2.21. The Bertz CT molecular complexity index is 977. The summed E-state index contributed by atoms with van der Waals surface area (Å²) < 4.78 is 6.76. The molecule has 0 saturated heterocycles. The molecule has 0 fully saturated rings. The number of ether oxygens (including phenoxy) is 1. The second kappa shape index (κ2) is 12.3. The number of nitrogens with zero attached hydrogens (tertiary/aromatic N) is 3. The quantitative estimate of drug-likeness (QED) is 0.359. The molecule has 8 heteroatoms. The SMILES string of the molecule is CCOc1cccc2sc(N(CCCN(C)C)C(=O)CSc3ccc(C)cc3)nc12.Cl. The average Bonchev–Trinajstić information content (AvgIpc) is 3.15. The third-order valence-electron chi connectivity index (χ3n) is 4.57. The van der Waals surface area contributed by atoms with Crippen molar-refractivity contribution in [2.24, 2.45) is 0 Å². The molecule has 0 atom stereocenters. The van der Waals surface area contributed by atoms with E-state index in [1.807, 2.05) is 44.1 Å². The summed E-state index contributed by atoms with van der Waals surface area (Å²) in [6.07, 6.45) is 0.891. The summed E-state index contributed by atoms with van der Waals surface area (Å²) in [6, 6.07) is 14.2. The van der Waals surface area contributed by atoms with Crippen molar-refractivity contribution in [2.45, 2.75) is 25.2 Å². The number of hydrogen-bond acceptors (Lipinski definition) is 6. The molecule has 3 rings (SSSR count). The van der Waals surface area contributed by atoms with Crippen molar-refractivity contribution in [2.75, 3.05) is 44.4 Å². The second-order valence-corrected chi connectivity index (χ2v) is 9.39. The van der Waals surface area contributed by atoms with Gasteiger partial charge in [-0.1, -0.05) is 35.1 Å². The average molecular weight is 480 g/mol. The molecule has 0 N–H and O–H groups in total. The van der Waals surface area contributed by atoms with Gasteiger partial charge in [-0.15, -0.1) is 24.2 Å².